The van der Waals surface area contributed by atoms with Crippen LogP contribution in [0.3, 0.4) is 0 Å². The Labute approximate surface area is 106 Å². The SMILES string of the molecule is Brc1c(-c2ccccn2)sc2ccccc12. The standard InChI is InChI=1S/C13H8BrNS/c14-12-9-5-1-2-7-11(9)16-13(12)10-6-3-4-8-15-10/h1-8H. The fraction of sp³-hybridized carbons (Fsp3) is 0. The van der Waals surface area contributed by atoms with Crippen LogP contribution in [0.5, 0.6) is 0 Å². The molecule has 0 saturated heterocycles. The molecule has 78 valence electrons. The van der Waals surface area contributed by atoms with Crippen LogP contribution in [0.4, 0.5) is 0 Å². The molecule has 2 aromatic heterocycles. The van der Waals surface area contributed by atoms with Crippen LogP contribution < -0.4 is 0 Å². The summed E-state index contributed by atoms with van der Waals surface area (Å²) in [6.07, 6.45) is 1.83. The lowest BCUT2D eigenvalue weighted by molar-refractivity contribution is 1.34. The average molecular weight is 290 g/mol. The van der Waals surface area contributed by atoms with Gasteiger partial charge in [-0.05, 0) is 34.1 Å². The molecule has 3 heteroatoms. The number of pyridine rings is 1. The summed E-state index contributed by atoms with van der Waals surface area (Å²) < 4.78 is 2.43. The topological polar surface area (TPSA) is 12.9 Å². The van der Waals surface area contributed by atoms with E-state index in [9.17, 15) is 0 Å². The van der Waals surface area contributed by atoms with Crippen LogP contribution in [-0.4, -0.2) is 4.98 Å². The highest BCUT2D eigenvalue weighted by Crippen LogP contribution is 2.40. The predicted molar refractivity (Wildman–Crippen MR) is 72.8 cm³/mol. The molecule has 0 bridgehead atoms. The number of hydrogen-bond acceptors (Lipinski definition) is 2. The maximum Gasteiger partial charge on any atom is 0.0813 e. The smallest absolute Gasteiger partial charge is 0.0813 e. The highest BCUT2D eigenvalue weighted by atomic mass is 79.9. The summed E-state index contributed by atoms with van der Waals surface area (Å²) in [7, 11) is 0. The van der Waals surface area contributed by atoms with Crippen LogP contribution in [0.2, 0.25) is 0 Å². The number of hydrogen-bond donors (Lipinski definition) is 0. The summed E-state index contributed by atoms with van der Waals surface area (Å²) in [5, 5.41) is 1.26. The van der Waals surface area contributed by atoms with Gasteiger partial charge in [-0.25, -0.2) is 0 Å². The molecule has 0 N–H and O–H groups in total. The van der Waals surface area contributed by atoms with Crippen molar-refractivity contribution in [2.75, 3.05) is 0 Å². The van der Waals surface area contributed by atoms with Crippen LogP contribution in [0.15, 0.2) is 53.1 Å². The fourth-order valence-corrected chi connectivity index (χ4v) is 3.67. The largest absolute Gasteiger partial charge is 0.255 e. The van der Waals surface area contributed by atoms with Crippen molar-refractivity contribution in [2.24, 2.45) is 0 Å². The van der Waals surface area contributed by atoms with Crippen molar-refractivity contribution in [3.05, 3.63) is 53.1 Å². The first-order valence-electron chi connectivity index (χ1n) is 4.95. The number of rotatable bonds is 1. The lowest BCUT2D eigenvalue weighted by atomic mass is 10.2. The number of nitrogens with zero attached hydrogens (tertiary/aromatic N) is 1. The summed E-state index contributed by atoms with van der Waals surface area (Å²) >= 11 is 5.43. The third-order valence-corrected chi connectivity index (χ3v) is 4.71. The van der Waals surface area contributed by atoms with E-state index in [0.29, 0.717) is 0 Å². The van der Waals surface area contributed by atoms with E-state index in [-0.39, 0.29) is 0 Å². The van der Waals surface area contributed by atoms with Crippen molar-refractivity contribution in [1.82, 2.24) is 4.98 Å². The van der Waals surface area contributed by atoms with E-state index in [1.807, 2.05) is 24.4 Å². The second-order valence-corrected chi connectivity index (χ2v) is 5.30. The first-order chi connectivity index (χ1) is 7.86. The molecule has 0 fully saturated rings. The molecule has 1 nitrogen and oxygen atoms in total. The molecule has 0 saturated carbocycles. The normalized spacial score (nSPS) is 10.8. The fourth-order valence-electron chi connectivity index (χ4n) is 1.68. The van der Waals surface area contributed by atoms with Gasteiger partial charge in [-0.2, -0.15) is 0 Å². The Morgan fingerprint density at radius 1 is 1.00 bits per heavy atom. The van der Waals surface area contributed by atoms with Crippen molar-refractivity contribution < 1.29 is 0 Å². The Morgan fingerprint density at radius 3 is 2.56 bits per heavy atom. The number of aromatic nitrogens is 1. The number of thiophene rings is 1. The summed E-state index contributed by atoms with van der Waals surface area (Å²) in [6.45, 7) is 0. The molecule has 3 rings (SSSR count). The molecule has 0 unspecified atom stereocenters. The zero-order chi connectivity index (χ0) is 11.0. The molecule has 0 radical (unpaired) electrons. The van der Waals surface area contributed by atoms with Crippen LogP contribution in [0.1, 0.15) is 0 Å². The summed E-state index contributed by atoms with van der Waals surface area (Å²) in [4.78, 5) is 5.58. The van der Waals surface area contributed by atoms with E-state index >= 15 is 0 Å². The van der Waals surface area contributed by atoms with Gasteiger partial charge < -0.3 is 0 Å². The lowest BCUT2D eigenvalue weighted by Gasteiger charge is -1.95. The van der Waals surface area contributed by atoms with Gasteiger partial charge in [0, 0.05) is 20.8 Å². The van der Waals surface area contributed by atoms with E-state index in [4.69, 9.17) is 0 Å². The van der Waals surface area contributed by atoms with Crippen LogP contribution >= 0.6 is 27.3 Å². The third-order valence-electron chi connectivity index (χ3n) is 2.43. The molecular weight excluding hydrogens is 282 g/mol. The maximum atomic E-state index is 4.39. The molecule has 0 amide bonds. The highest BCUT2D eigenvalue weighted by molar-refractivity contribution is 9.10. The second-order valence-electron chi connectivity index (χ2n) is 3.46. The molecule has 1 aromatic carbocycles. The molecule has 0 aliphatic rings. The van der Waals surface area contributed by atoms with Crippen molar-refractivity contribution in [2.45, 2.75) is 0 Å². The minimum Gasteiger partial charge on any atom is -0.255 e. The molecule has 2 heterocycles. The molecule has 0 aliphatic carbocycles. The predicted octanol–water partition coefficient (Wildman–Crippen LogP) is 4.73. The Kier molecular flexibility index (Phi) is 2.50. The molecule has 0 aliphatic heterocycles. The Hall–Kier alpha value is -1.19. The van der Waals surface area contributed by atoms with Crippen LogP contribution in [0.25, 0.3) is 20.7 Å². The summed E-state index contributed by atoms with van der Waals surface area (Å²) in [5.74, 6) is 0. The van der Waals surface area contributed by atoms with E-state index in [0.717, 1.165) is 10.2 Å². The van der Waals surface area contributed by atoms with Gasteiger partial charge in [0.1, 0.15) is 0 Å². The second kappa shape index (κ2) is 4.00. The monoisotopic (exact) mass is 289 g/mol. The van der Waals surface area contributed by atoms with E-state index in [2.05, 4.69) is 45.2 Å². The highest BCUT2D eigenvalue weighted by Gasteiger charge is 2.11. The van der Waals surface area contributed by atoms with Gasteiger partial charge in [0.15, 0.2) is 0 Å². The Bertz CT molecular complexity index is 631. The minimum absolute atomic E-state index is 1.02. The minimum atomic E-state index is 1.02. The first-order valence-corrected chi connectivity index (χ1v) is 6.55. The van der Waals surface area contributed by atoms with E-state index in [1.165, 1.54) is 15.0 Å². The van der Waals surface area contributed by atoms with Gasteiger partial charge in [0.2, 0.25) is 0 Å². The van der Waals surface area contributed by atoms with Gasteiger partial charge in [-0.1, -0.05) is 24.3 Å². The zero-order valence-electron chi connectivity index (χ0n) is 8.35. The number of fused-ring (bicyclic) bond motifs is 1. The Morgan fingerprint density at radius 2 is 1.81 bits per heavy atom. The third kappa shape index (κ3) is 1.56. The van der Waals surface area contributed by atoms with Crippen LogP contribution in [-0.2, 0) is 0 Å². The van der Waals surface area contributed by atoms with Crippen molar-refractivity contribution in [3.63, 3.8) is 0 Å². The quantitative estimate of drug-likeness (QED) is 0.631. The Balaban J connectivity index is 2.29. The maximum absolute atomic E-state index is 4.39. The average Bonchev–Trinajstić information content (AvgIpc) is 2.69. The summed E-state index contributed by atoms with van der Waals surface area (Å²) in [5.41, 5.74) is 1.02. The molecule has 3 aromatic rings. The van der Waals surface area contributed by atoms with E-state index in [1.54, 1.807) is 11.3 Å². The first kappa shape index (κ1) is 10.00. The lowest BCUT2D eigenvalue weighted by Crippen LogP contribution is -1.77. The van der Waals surface area contributed by atoms with Crippen molar-refractivity contribution in [1.29, 1.82) is 0 Å². The van der Waals surface area contributed by atoms with Crippen molar-refractivity contribution >= 4 is 37.4 Å². The van der Waals surface area contributed by atoms with Crippen LogP contribution in [0, 0.1) is 0 Å². The molecule has 16 heavy (non-hydrogen) atoms. The van der Waals surface area contributed by atoms with Gasteiger partial charge in [0.25, 0.3) is 0 Å². The van der Waals surface area contributed by atoms with Crippen molar-refractivity contribution in [3.8, 4) is 10.6 Å². The molecule has 0 atom stereocenters. The van der Waals surface area contributed by atoms with Gasteiger partial charge in [-0.15, -0.1) is 11.3 Å². The number of benzene rings is 1. The summed E-state index contributed by atoms with van der Waals surface area (Å²) in [6, 6.07) is 14.4. The van der Waals surface area contributed by atoms with E-state index < -0.39 is 0 Å². The zero-order valence-corrected chi connectivity index (χ0v) is 10.8. The van der Waals surface area contributed by atoms with Gasteiger partial charge in [-0.3, -0.25) is 4.98 Å². The van der Waals surface area contributed by atoms with Gasteiger partial charge in [0.05, 0.1) is 10.6 Å². The molecular formula is C13H8BrNS. The molecule has 0 spiro atoms. The number of halogens is 1. The van der Waals surface area contributed by atoms with Gasteiger partial charge >= 0.3 is 0 Å².